The largest absolute Gasteiger partial charge is 0.373 e. The number of carbonyl (C=O) groups is 12. The summed E-state index contributed by atoms with van der Waals surface area (Å²) in [5.41, 5.74) is -2.89. The Morgan fingerprint density at radius 1 is 0.496 bits per heavy atom. The number of halogens is 3. The summed E-state index contributed by atoms with van der Waals surface area (Å²) < 4.78 is 57.2. The van der Waals surface area contributed by atoms with Crippen LogP contribution in [0.15, 0.2) is 61.1 Å². The second-order valence-corrected chi connectivity index (χ2v) is 54.0. The van der Waals surface area contributed by atoms with Gasteiger partial charge in [-0.05, 0) is 109 Å². The van der Waals surface area contributed by atoms with Crippen LogP contribution in [0.3, 0.4) is 0 Å². The Morgan fingerprint density at radius 2 is 0.840 bits per heavy atom. The Balaban J connectivity index is -0.000000131. The van der Waals surface area contributed by atoms with Gasteiger partial charge in [-0.3, -0.25) is 57.5 Å². The minimum atomic E-state index is -3.07. The summed E-state index contributed by atoms with van der Waals surface area (Å²) in [7, 11) is -6.14. The molecule has 21 nitrogen and oxygen atoms in total. The van der Waals surface area contributed by atoms with E-state index in [2.05, 4.69) is 81.4 Å². The van der Waals surface area contributed by atoms with Gasteiger partial charge in [-0.25, -0.2) is 23.4 Å². The van der Waals surface area contributed by atoms with Gasteiger partial charge in [0.25, 0.3) is 5.54 Å². The minimum Gasteiger partial charge on any atom is -0.373 e. The van der Waals surface area contributed by atoms with Crippen molar-refractivity contribution in [3.63, 3.8) is 0 Å². The SMILES string of the molecule is C#CC(=O)C(C)(C)C.C/C=C/C(=O)C(C)(C)C.C/C=C\C(=O)C(C)(C)C.C=CC(=O)C(C)(C)C.C=CS(=O)(=O)C(C)(C)C.CC(=O)C(=O)C(C)(C)C.CC(C)(C)C(=O)C1CO1.CC(C)(C)C(=O)CBr.CC(C)(C)C(=O)CC#N.CC(C)(C)C(=O)CCl.CC(C)(C)C1CO1.CC(C)(C)CC1CO1.CC(C)(C)S(=O)(=O)CCl.CC/C=C/C(=O)C(C)(C)C.[C-]#[N+]C1(C(=O)C(C)(C)C)CC1. The molecule has 1 saturated carbocycles. The third-order valence-electron chi connectivity index (χ3n) is 17.2. The summed E-state index contributed by atoms with van der Waals surface area (Å²) in [5.74, 6) is 2.74. The second kappa shape index (κ2) is 63.5. The molecule has 762 valence electrons. The highest BCUT2D eigenvalue weighted by molar-refractivity contribution is 9.09. The Hall–Kier alpha value is -5.88. The van der Waals surface area contributed by atoms with Gasteiger partial charge in [-0.2, -0.15) is 5.26 Å². The van der Waals surface area contributed by atoms with Crippen molar-refractivity contribution in [3.8, 4) is 18.4 Å². The first-order valence-corrected chi connectivity index (χ1v) is 49.7. The van der Waals surface area contributed by atoms with E-state index in [9.17, 15) is 74.4 Å². The van der Waals surface area contributed by atoms with Gasteiger partial charge in [0.05, 0.1) is 65.2 Å². The summed E-state index contributed by atoms with van der Waals surface area (Å²) in [6.07, 6.45) is 21.3. The molecule has 131 heavy (non-hydrogen) atoms. The molecular formula is C105H185BrCl2N2O19S2. The highest BCUT2D eigenvalue weighted by Crippen LogP contribution is 2.45. The molecule has 0 amide bonds. The summed E-state index contributed by atoms with van der Waals surface area (Å²) in [6.45, 7) is 108. The molecule has 3 aliphatic heterocycles. The number of allylic oxidation sites excluding steroid dienone is 7. The molecule has 26 heteroatoms. The zero-order valence-corrected chi connectivity index (χ0v) is 96.0. The maximum atomic E-state index is 11.6. The lowest BCUT2D eigenvalue weighted by molar-refractivity contribution is -0.140. The zero-order valence-electron chi connectivity index (χ0n) is 91.2. The van der Waals surface area contributed by atoms with Crippen LogP contribution >= 0.6 is 39.1 Å². The predicted octanol–water partition coefficient (Wildman–Crippen LogP) is 25.5. The van der Waals surface area contributed by atoms with Crippen LogP contribution in [0.4, 0.5) is 0 Å². The molecule has 0 radical (unpaired) electrons. The first-order valence-electron chi connectivity index (χ1n) is 44.3. The number of alkyl halides is 3. The standard InChI is InChI=1S/C9H13NO.C9H16O.2C8H14O.C7H11NO.2C7H12O2.C7H14O.C7H12O.C7H10O.C6H11BrO.C6H11ClO.C6H12O2S.C6H12O.C5H11ClO2S/c1-8(2,3)7(11)9(10-4)5-6-9;1-5-6-7-8(10)9(2,3)4;2*1-5-6-7(9)8(2,3)4;1-7(2,3)6(9)4-5-8;1-7(2,3)6(8)5-4-9-5;1-5(8)6(9)7(2,3)4;1-7(2,3)4-6-5-8-6;2*1-5-6(8)7(2,3)4;2*1-6(2,3)5(8)4-7;1-5-9(7,8)6(2,3)4;1-6(2,3)5-4-7-5;1-5(2,3)9(7,8)4-6/h5-6H2,1-3H3;6-7H,5H2,1-4H3;2*5-6H,1-4H3;4H2,1-3H3;5H,4H2,1-3H3;1-4H3;6H,4-5H2,1-3H3;5H,1H2,2-4H3;1H,2-4H3;2*4H2,1-3H3;5H,1H2,2-4H3;5H,4H2,1-3H3;4H2,1-3H3/b;7-6+;6-5+;6-5-;;;;;;;;;;;. The minimum absolute atomic E-state index is 0.00463. The number of hydrogen-bond acceptors (Lipinski definition) is 20. The van der Waals surface area contributed by atoms with Gasteiger partial charge < -0.3 is 19.1 Å². The van der Waals surface area contributed by atoms with Crippen molar-refractivity contribution < 1.29 is 88.6 Å². The number of ether oxygens (including phenoxy) is 3. The first-order chi connectivity index (χ1) is 57.4. The van der Waals surface area contributed by atoms with Crippen LogP contribution in [-0.2, 0) is 91.4 Å². The van der Waals surface area contributed by atoms with Gasteiger partial charge >= 0.3 is 0 Å². The van der Waals surface area contributed by atoms with Crippen molar-refractivity contribution in [2.45, 2.75) is 405 Å². The third-order valence-corrected chi connectivity index (χ3v) is 23.1. The number of nitriles is 1. The fourth-order valence-corrected chi connectivity index (χ4v) is 9.84. The van der Waals surface area contributed by atoms with Crippen LogP contribution in [0, 0.1) is 101 Å². The molecule has 0 aromatic rings. The van der Waals surface area contributed by atoms with E-state index in [4.69, 9.17) is 55.7 Å². The fraction of sp³-hybridized carbons (Fsp3) is 0.752. The van der Waals surface area contributed by atoms with E-state index in [1.807, 2.05) is 220 Å². The lowest BCUT2D eigenvalue weighted by atomic mass is 9.85. The molecule has 0 spiro atoms. The number of ketones is 12. The van der Waals surface area contributed by atoms with Crippen molar-refractivity contribution in [2.24, 2.45) is 70.4 Å². The number of hydrogen-bond donors (Lipinski definition) is 0. The summed E-state index contributed by atoms with van der Waals surface area (Å²) in [6, 6.07) is 1.82. The summed E-state index contributed by atoms with van der Waals surface area (Å²) >= 11 is 13.6. The molecule has 0 aromatic heterocycles. The molecule has 0 N–H and O–H groups in total. The van der Waals surface area contributed by atoms with Crippen LogP contribution in [0.1, 0.15) is 371 Å². The van der Waals surface area contributed by atoms with Gasteiger partial charge in [0.1, 0.15) is 17.1 Å². The first kappa shape index (κ1) is 148. The maximum Gasteiger partial charge on any atom is 0.290 e. The normalized spacial score (nSPS) is 15.5. The van der Waals surface area contributed by atoms with Crippen LogP contribution in [0.2, 0.25) is 0 Å². The zero-order chi connectivity index (χ0) is 108. The number of carbonyl (C=O) groups excluding carboxylic acids is 12. The summed E-state index contributed by atoms with van der Waals surface area (Å²) in [4.78, 5) is 134. The molecule has 3 heterocycles. The second-order valence-electron chi connectivity index (χ2n) is 47.2. The maximum absolute atomic E-state index is 11.6. The van der Waals surface area contributed by atoms with Crippen LogP contribution in [0.5, 0.6) is 0 Å². The van der Waals surface area contributed by atoms with E-state index in [0.717, 1.165) is 37.9 Å². The Kier molecular flexibility index (Phi) is 71.8. The van der Waals surface area contributed by atoms with Crippen molar-refractivity contribution in [3.05, 3.63) is 72.5 Å². The smallest absolute Gasteiger partial charge is 0.290 e. The predicted molar refractivity (Wildman–Crippen MR) is 552 cm³/mol. The summed E-state index contributed by atoms with van der Waals surface area (Å²) in [5, 5.41) is 9.30. The molecule has 3 saturated heterocycles. The van der Waals surface area contributed by atoms with Crippen LogP contribution in [-0.4, -0.2) is 156 Å². The Morgan fingerprint density at radius 3 is 0.901 bits per heavy atom. The third kappa shape index (κ3) is 85.5. The van der Waals surface area contributed by atoms with Gasteiger partial charge in [-0.1, -0.05) is 324 Å². The van der Waals surface area contributed by atoms with E-state index in [-0.39, 0.29) is 147 Å². The fourth-order valence-electron chi connectivity index (χ4n) is 6.79. The lowest BCUT2D eigenvalue weighted by Crippen LogP contribution is -2.31. The number of sulfone groups is 2. The topological polar surface area (TPSA) is 339 Å². The lowest BCUT2D eigenvalue weighted by Gasteiger charge is -2.16. The van der Waals surface area contributed by atoms with E-state index in [1.54, 1.807) is 113 Å². The molecule has 0 aromatic carbocycles. The van der Waals surface area contributed by atoms with Crippen molar-refractivity contribution in [1.29, 1.82) is 5.26 Å². The number of terminal acetylenes is 1. The van der Waals surface area contributed by atoms with Gasteiger partial charge in [0.2, 0.25) is 17.3 Å². The Bertz CT molecular complexity index is 3940. The van der Waals surface area contributed by atoms with Gasteiger partial charge in [-0.15, -0.1) is 29.6 Å². The molecule has 0 bridgehead atoms. The highest BCUT2D eigenvalue weighted by Gasteiger charge is 2.60. The van der Waals surface area contributed by atoms with Crippen LogP contribution < -0.4 is 0 Å². The van der Waals surface area contributed by atoms with E-state index in [1.165, 1.54) is 19.4 Å². The molecule has 4 aliphatic rings. The molecule has 1 aliphatic carbocycles. The van der Waals surface area contributed by atoms with E-state index < -0.39 is 40.1 Å². The number of nitrogens with zero attached hydrogens (tertiary/aromatic N) is 2. The van der Waals surface area contributed by atoms with Gasteiger partial charge in [0, 0.05) is 84.7 Å². The molecule has 4 fully saturated rings. The highest BCUT2D eigenvalue weighted by atomic mass is 79.9. The quantitative estimate of drug-likeness (QED) is 0.0296. The Labute approximate surface area is 818 Å². The van der Waals surface area contributed by atoms with Crippen molar-refractivity contribution in [1.82, 2.24) is 0 Å². The van der Waals surface area contributed by atoms with Crippen molar-refractivity contribution in [2.75, 3.05) is 36.2 Å². The number of epoxide rings is 3. The molecule has 3 unspecified atom stereocenters. The number of Topliss-reactive ketones (excluding diaryl/α,β-unsaturated/α-hetero) is 8. The molecule has 4 rings (SSSR count). The molecule has 3 atom stereocenters. The van der Waals surface area contributed by atoms with E-state index >= 15 is 0 Å². The average molecular weight is 1990 g/mol. The average Bonchev–Trinajstić information content (AvgIpc) is 1.62. The number of rotatable bonds is 14. The monoisotopic (exact) mass is 1990 g/mol. The van der Waals surface area contributed by atoms with E-state index in [0.29, 0.717) is 35.0 Å². The van der Waals surface area contributed by atoms with Crippen molar-refractivity contribution >= 4 is 128 Å². The molecular weight excluding hydrogens is 1810 g/mol. The van der Waals surface area contributed by atoms with Crippen LogP contribution in [0.25, 0.3) is 4.85 Å². The van der Waals surface area contributed by atoms with Gasteiger partial charge in [0.15, 0.2) is 65.9 Å².